The number of hydrogen-bond donors (Lipinski definition) is 2. The molecule has 2 rings (SSSR count). The SMILES string of the molecule is NS(=O)(=O)c1cc(NCCc2ccc(F)cc2F)cc([N+](=O)[O-])c1. The summed E-state index contributed by atoms with van der Waals surface area (Å²) >= 11 is 0. The molecule has 10 heteroatoms. The van der Waals surface area contributed by atoms with E-state index in [-0.39, 0.29) is 24.2 Å². The molecule has 0 spiro atoms. The number of halogens is 2. The lowest BCUT2D eigenvalue weighted by molar-refractivity contribution is -0.385. The van der Waals surface area contributed by atoms with Crippen molar-refractivity contribution < 1.29 is 22.1 Å². The smallest absolute Gasteiger partial charge is 0.272 e. The molecular weight excluding hydrogens is 344 g/mol. The van der Waals surface area contributed by atoms with Crippen molar-refractivity contribution in [2.24, 2.45) is 5.14 Å². The van der Waals surface area contributed by atoms with Gasteiger partial charge in [-0.3, -0.25) is 10.1 Å². The van der Waals surface area contributed by atoms with E-state index < -0.39 is 37.2 Å². The zero-order valence-corrected chi connectivity index (χ0v) is 13.0. The van der Waals surface area contributed by atoms with Gasteiger partial charge >= 0.3 is 0 Å². The molecule has 0 heterocycles. The summed E-state index contributed by atoms with van der Waals surface area (Å²) in [5.74, 6) is -1.40. The van der Waals surface area contributed by atoms with E-state index >= 15 is 0 Å². The molecule has 0 fully saturated rings. The Morgan fingerprint density at radius 2 is 1.88 bits per heavy atom. The third kappa shape index (κ3) is 4.46. The predicted octanol–water partition coefficient (Wildman–Crippen LogP) is 2.17. The molecule has 7 nitrogen and oxygen atoms in total. The molecule has 0 amide bonds. The number of nitro groups is 1. The number of nitrogens with one attached hydrogen (secondary N) is 1. The maximum Gasteiger partial charge on any atom is 0.272 e. The standard InChI is InChI=1S/C14H13F2N3O4S/c15-10-2-1-9(14(16)5-10)3-4-18-11-6-12(19(20)21)8-13(7-11)24(17,22)23/h1-2,5-8,18H,3-4H2,(H2,17,22,23). The highest BCUT2D eigenvalue weighted by molar-refractivity contribution is 7.89. The Morgan fingerprint density at radius 1 is 1.17 bits per heavy atom. The van der Waals surface area contributed by atoms with Gasteiger partial charge in [-0.2, -0.15) is 0 Å². The molecule has 2 aromatic carbocycles. The number of anilines is 1. The second kappa shape index (κ2) is 6.89. The average Bonchev–Trinajstić information content (AvgIpc) is 2.48. The molecule has 0 atom stereocenters. The van der Waals surface area contributed by atoms with Crippen LogP contribution in [-0.2, 0) is 16.4 Å². The first-order valence-electron chi connectivity index (χ1n) is 6.67. The molecule has 0 aliphatic heterocycles. The first-order chi connectivity index (χ1) is 11.2. The van der Waals surface area contributed by atoms with Gasteiger partial charge in [0.05, 0.1) is 9.82 Å². The van der Waals surface area contributed by atoms with E-state index in [1.807, 2.05) is 0 Å². The minimum absolute atomic E-state index is 0.147. The third-order valence-electron chi connectivity index (χ3n) is 3.17. The number of non-ortho nitro benzene ring substituents is 1. The van der Waals surface area contributed by atoms with Gasteiger partial charge in [-0.1, -0.05) is 6.07 Å². The lowest BCUT2D eigenvalue weighted by atomic mass is 10.1. The summed E-state index contributed by atoms with van der Waals surface area (Å²) in [7, 11) is -4.12. The summed E-state index contributed by atoms with van der Waals surface area (Å²) in [6, 6.07) is 6.28. The van der Waals surface area contributed by atoms with E-state index in [9.17, 15) is 27.3 Å². The quantitative estimate of drug-likeness (QED) is 0.607. The van der Waals surface area contributed by atoms with E-state index in [0.29, 0.717) is 0 Å². The van der Waals surface area contributed by atoms with Crippen LogP contribution in [0.1, 0.15) is 5.56 Å². The van der Waals surface area contributed by atoms with Crippen LogP contribution in [0.25, 0.3) is 0 Å². The van der Waals surface area contributed by atoms with E-state index in [4.69, 9.17) is 5.14 Å². The van der Waals surface area contributed by atoms with Crippen LogP contribution in [0.4, 0.5) is 20.2 Å². The van der Waals surface area contributed by atoms with Gasteiger partial charge in [-0.25, -0.2) is 22.3 Å². The van der Waals surface area contributed by atoms with E-state index in [0.717, 1.165) is 30.3 Å². The first-order valence-corrected chi connectivity index (χ1v) is 8.21. The molecule has 0 aromatic heterocycles. The number of nitrogens with two attached hydrogens (primary N) is 1. The molecule has 0 unspecified atom stereocenters. The fourth-order valence-corrected chi connectivity index (χ4v) is 2.60. The molecule has 0 radical (unpaired) electrons. The van der Waals surface area contributed by atoms with E-state index in [1.54, 1.807) is 0 Å². The molecule has 0 aliphatic carbocycles. The highest BCUT2D eigenvalue weighted by atomic mass is 32.2. The van der Waals surface area contributed by atoms with Crippen molar-refractivity contribution in [2.45, 2.75) is 11.3 Å². The van der Waals surface area contributed by atoms with Gasteiger partial charge in [0, 0.05) is 30.4 Å². The Morgan fingerprint density at radius 3 is 2.46 bits per heavy atom. The van der Waals surface area contributed by atoms with Gasteiger partial charge in [0.25, 0.3) is 5.69 Å². The van der Waals surface area contributed by atoms with Crippen molar-refractivity contribution in [3.63, 3.8) is 0 Å². The predicted molar refractivity (Wildman–Crippen MR) is 83.0 cm³/mol. The Hall–Kier alpha value is -2.59. The zero-order valence-electron chi connectivity index (χ0n) is 12.2. The topological polar surface area (TPSA) is 115 Å². The molecular formula is C14H13F2N3O4S. The summed E-state index contributed by atoms with van der Waals surface area (Å²) in [6.07, 6.45) is 0.166. The third-order valence-corrected chi connectivity index (χ3v) is 4.06. The van der Waals surface area contributed by atoms with Gasteiger partial charge < -0.3 is 5.32 Å². The summed E-state index contributed by atoms with van der Waals surface area (Å²) in [4.78, 5) is 9.70. The number of primary sulfonamides is 1. The van der Waals surface area contributed by atoms with E-state index in [2.05, 4.69) is 5.32 Å². The lowest BCUT2D eigenvalue weighted by Crippen LogP contribution is -2.13. The maximum atomic E-state index is 13.5. The fourth-order valence-electron chi connectivity index (χ4n) is 2.02. The van der Waals surface area contributed by atoms with Crippen LogP contribution >= 0.6 is 0 Å². The van der Waals surface area contributed by atoms with Crippen molar-refractivity contribution >= 4 is 21.4 Å². The molecule has 0 aliphatic rings. The Kier molecular flexibility index (Phi) is 5.10. The molecule has 0 bridgehead atoms. The second-order valence-corrected chi connectivity index (χ2v) is 6.49. The van der Waals surface area contributed by atoms with Crippen molar-refractivity contribution in [3.05, 3.63) is 63.7 Å². The molecule has 24 heavy (non-hydrogen) atoms. The molecule has 3 N–H and O–H groups in total. The summed E-state index contributed by atoms with van der Waals surface area (Å²) in [5, 5.41) is 18.6. The number of rotatable bonds is 6. The van der Waals surface area contributed by atoms with Crippen molar-refractivity contribution in [1.29, 1.82) is 0 Å². The highest BCUT2D eigenvalue weighted by Crippen LogP contribution is 2.23. The lowest BCUT2D eigenvalue weighted by Gasteiger charge is -2.09. The molecule has 2 aromatic rings. The minimum atomic E-state index is -4.12. The van der Waals surface area contributed by atoms with Crippen LogP contribution in [-0.4, -0.2) is 19.9 Å². The Bertz CT molecular complexity index is 888. The monoisotopic (exact) mass is 357 g/mol. The summed E-state index contributed by atoms with van der Waals surface area (Å²) in [6.45, 7) is 0.147. The molecule has 0 saturated heterocycles. The average molecular weight is 357 g/mol. The molecule has 0 saturated carbocycles. The molecule has 128 valence electrons. The maximum absolute atomic E-state index is 13.5. The van der Waals surface area contributed by atoms with Crippen molar-refractivity contribution in [3.8, 4) is 0 Å². The second-order valence-electron chi connectivity index (χ2n) is 4.93. The Balaban J connectivity index is 2.17. The minimum Gasteiger partial charge on any atom is -0.384 e. The highest BCUT2D eigenvalue weighted by Gasteiger charge is 2.16. The summed E-state index contributed by atoms with van der Waals surface area (Å²) < 4.78 is 49.1. The van der Waals surface area contributed by atoms with Crippen LogP contribution in [0.3, 0.4) is 0 Å². The normalized spacial score (nSPS) is 11.3. The Labute approximate surface area is 136 Å². The number of sulfonamides is 1. The summed E-state index contributed by atoms with van der Waals surface area (Å²) in [5.41, 5.74) is -0.0475. The number of benzene rings is 2. The van der Waals surface area contributed by atoms with Crippen LogP contribution in [0.2, 0.25) is 0 Å². The van der Waals surface area contributed by atoms with Crippen LogP contribution < -0.4 is 10.5 Å². The first kappa shape index (κ1) is 17.8. The van der Waals surface area contributed by atoms with Gasteiger partial charge in [-0.05, 0) is 24.1 Å². The van der Waals surface area contributed by atoms with Crippen LogP contribution in [0, 0.1) is 21.7 Å². The van der Waals surface area contributed by atoms with Crippen LogP contribution in [0.15, 0.2) is 41.3 Å². The van der Waals surface area contributed by atoms with Gasteiger partial charge in [0.2, 0.25) is 10.0 Å². The largest absolute Gasteiger partial charge is 0.384 e. The van der Waals surface area contributed by atoms with Gasteiger partial charge in [-0.15, -0.1) is 0 Å². The zero-order chi connectivity index (χ0) is 17.9. The fraction of sp³-hybridized carbons (Fsp3) is 0.143. The number of hydrogen-bond acceptors (Lipinski definition) is 5. The van der Waals surface area contributed by atoms with Gasteiger partial charge in [0.1, 0.15) is 11.6 Å². The van der Waals surface area contributed by atoms with Crippen LogP contribution in [0.5, 0.6) is 0 Å². The number of nitro benzene ring substituents is 1. The van der Waals surface area contributed by atoms with Crippen molar-refractivity contribution in [2.75, 3.05) is 11.9 Å². The van der Waals surface area contributed by atoms with E-state index in [1.165, 1.54) is 6.07 Å². The number of nitrogens with zero attached hydrogens (tertiary/aromatic N) is 1. The van der Waals surface area contributed by atoms with Crippen molar-refractivity contribution in [1.82, 2.24) is 0 Å². The van der Waals surface area contributed by atoms with Gasteiger partial charge in [0.15, 0.2) is 0 Å².